The summed E-state index contributed by atoms with van der Waals surface area (Å²) in [7, 11) is 0. The number of fused-ring (bicyclic) bond motifs is 1. The van der Waals surface area contributed by atoms with Gasteiger partial charge in [0.15, 0.2) is 5.75 Å². The molecular weight excluding hydrogens is 204 g/mol. The number of para-hydroxylation sites is 1. The van der Waals surface area contributed by atoms with Crippen LogP contribution in [0.3, 0.4) is 0 Å². The number of nitrogens with zero attached hydrogens (tertiary/aromatic N) is 1. The molecule has 0 amide bonds. The summed E-state index contributed by atoms with van der Waals surface area (Å²) in [5.74, 6) is -0.0152. The first-order chi connectivity index (χ1) is 7.68. The lowest BCUT2D eigenvalue weighted by Gasteiger charge is -2.08. The molecule has 1 aromatic heterocycles. The van der Waals surface area contributed by atoms with E-state index in [0.717, 1.165) is 5.39 Å². The molecule has 0 aliphatic heterocycles. The standard InChI is InChI=1S/C12H12N2O2/c1-8(13)12(15)16-10-6-2-4-9-5-3-7-14-11(9)10/h2-8H,13H2,1H3. The molecule has 1 atom stereocenters. The van der Waals surface area contributed by atoms with E-state index in [1.54, 1.807) is 19.2 Å². The molecule has 1 aromatic carbocycles. The summed E-state index contributed by atoms with van der Waals surface area (Å²) < 4.78 is 5.16. The van der Waals surface area contributed by atoms with E-state index >= 15 is 0 Å². The summed E-state index contributed by atoms with van der Waals surface area (Å²) in [5, 5.41) is 0.928. The number of esters is 1. The van der Waals surface area contributed by atoms with Crippen LogP contribution in [-0.2, 0) is 4.79 Å². The topological polar surface area (TPSA) is 65.2 Å². The highest BCUT2D eigenvalue weighted by Gasteiger charge is 2.12. The van der Waals surface area contributed by atoms with Gasteiger partial charge in [0.05, 0.1) is 0 Å². The lowest BCUT2D eigenvalue weighted by Crippen LogP contribution is -2.30. The average Bonchev–Trinajstić information content (AvgIpc) is 2.29. The van der Waals surface area contributed by atoms with Gasteiger partial charge in [-0.1, -0.05) is 18.2 Å². The Bertz CT molecular complexity index is 518. The van der Waals surface area contributed by atoms with Crippen LogP contribution in [0, 0.1) is 0 Å². The third kappa shape index (κ3) is 2.01. The quantitative estimate of drug-likeness (QED) is 0.610. The molecule has 0 aliphatic carbocycles. The van der Waals surface area contributed by atoms with Crippen molar-refractivity contribution in [1.29, 1.82) is 0 Å². The van der Waals surface area contributed by atoms with E-state index in [2.05, 4.69) is 4.98 Å². The molecule has 0 saturated heterocycles. The van der Waals surface area contributed by atoms with Crippen LogP contribution in [0.5, 0.6) is 5.75 Å². The zero-order valence-corrected chi connectivity index (χ0v) is 8.88. The Morgan fingerprint density at radius 1 is 1.38 bits per heavy atom. The van der Waals surface area contributed by atoms with Crippen molar-refractivity contribution in [2.75, 3.05) is 0 Å². The van der Waals surface area contributed by atoms with Gasteiger partial charge in [0.2, 0.25) is 0 Å². The molecule has 4 heteroatoms. The van der Waals surface area contributed by atoms with Crippen LogP contribution >= 0.6 is 0 Å². The van der Waals surface area contributed by atoms with E-state index in [0.29, 0.717) is 11.3 Å². The van der Waals surface area contributed by atoms with Gasteiger partial charge >= 0.3 is 5.97 Å². The number of aromatic nitrogens is 1. The van der Waals surface area contributed by atoms with Gasteiger partial charge < -0.3 is 10.5 Å². The monoisotopic (exact) mass is 216 g/mol. The van der Waals surface area contributed by atoms with E-state index in [-0.39, 0.29) is 0 Å². The van der Waals surface area contributed by atoms with Crippen molar-refractivity contribution in [3.63, 3.8) is 0 Å². The Morgan fingerprint density at radius 3 is 2.88 bits per heavy atom. The van der Waals surface area contributed by atoms with Gasteiger partial charge in [-0.3, -0.25) is 4.98 Å². The molecule has 0 bridgehead atoms. The number of carbonyl (C=O) groups excluding carboxylic acids is 1. The van der Waals surface area contributed by atoms with E-state index in [1.165, 1.54) is 0 Å². The minimum atomic E-state index is -0.640. The van der Waals surface area contributed by atoms with Crippen LogP contribution in [0.25, 0.3) is 10.9 Å². The Hall–Kier alpha value is -1.94. The molecular formula is C12H12N2O2. The predicted octanol–water partition coefficient (Wildman–Crippen LogP) is 1.49. The molecule has 1 unspecified atom stereocenters. The number of carbonyl (C=O) groups is 1. The SMILES string of the molecule is CC(N)C(=O)Oc1cccc2cccnc12. The number of hydrogen-bond acceptors (Lipinski definition) is 4. The van der Waals surface area contributed by atoms with Crippen LogP contribution in [0.1, 0.15) is 6.92 Å². The highest BCUT2D eigenvalue weighted by molar-refractivity contribution is 5.87. The minimum Gasteiger partial charge on any atom is -0.423 e. The Kier molecular flexibility index (Phi) is 2.83. The molecule has 1 heterocycles. The van der Waals surface area contributed by atoms with Crippen molar-refractivity contribution in [1.82, 2.24) is 4.98 Å². The molecule has 0 fully saturated rings. The first kappa shape index (κ1) is 10.6. The summed E-state index contributed by atoms with van der Waals surface area (Å²) in [6.45, 7) is 1.58. The summed E-state index contributed by atoms with van der Waals surface area (Å²) in [6, 6.07) is 8.53. The summed E-state index contributed by atoms with van der Waals surface area (Å²) in [6.07, 6.45) is 1.66. The van der Waals surface area contributed by atoms with Crippen molar-refractivity contribution >= 4 is 16.9 Å². The fraction of sp³-hybridized carbons (Fsp3) is 0.167. The summed E-state index contributed by atoms with van der Waals surface area (Å²) in [5.41, 5.74) is 6.10. The first-order valence-corrected chi connectivity index (χ1v) is 4.99. The average molecular weight is 216 g/mol. The Balaban J connectivity index is 2.41. The van der Waals surface area contributed by atoms with Crippen LogP contribution < -0.4 is 10.5 Å². The predicted molar refractivity (Wildman–Crippen MR) is 61.0 cm³/mol. The maximum atomic E-state index is 11.4. The fourth-order valence-corrected chi connectivity index (χ4v) is 1.36. The number of rotatable bonds is 2. The van der Waals surface area contributed by atoms with Gasteiger partial charge in [0.25, 0.3) is 0 Å². The normalized spacial score (nSPS) is 12.4. The van der Waals surface area contributed by atoms with Gasteiger partial charge in [-0.2, -0.15) is 0 Å². The van der Waals surface area contributed by atoms with Crippen molar-refractivity contribution in [2.24, 2.45) is 5.73 Å². The second-order valence-electron chi connectivity index (χ2n) is 3.54. The number of nitrogens with two attached hydrogens (primary N) is 1. The summed E-state index contributed by atoms with van der Waals surface area (Å²) >= 11 is 0. The van der Waals surface area contributed by atoms with Crippen molar-refractivity contribution in [2.45, 2.75) is 13.0 Å². The van der Waals surface area contributed by atoms with Gasteiger partial charge in [0.1, 0.15) is 11.6 Å². The first-order valence-electron chi connectivity index (χ1n) is 4.99. The molecule has 2 N–H and O–H groups in total. The molecule has 0 saturated carbocycles. The second-order valence-corrected chi connectivity index (χ2v) is 3.54. The molecule has 0 spiro atoms. The van der Waals surface area contributed by atoms with E-state index in [1.807, 2.05) is 24.3 Å². The van der Waals surface area contributed by atoms with Crippen molar-refractivity contribution in [3.8, 4) is 5.75 Å². The third-order valence-electron chi connectivity index (χ3n) is 2.18. The maximum absolute atomic E-state index is 11.4. The van der Waals surface area contributed by atoms with E-state index in [9.17, 15) is 4.79 Å². The number of pyridine rings is 1. The van der Waals surface area contributed by atoms with E-state index in [4.69, 9.17) is 10.5 Å². The molecule has 4 nitrogen and oxygen atoms in total. The fourth-order valence-electron chi connectivity index (χ4n) is 1.36. The molecule has 2 aromatic rings. The summed E-state index contributed by atoms with van der Waals surface area (Å²) in [4.78, 5) is 15.6. The molecule has 2 rings (SSSR count). The number of ether oxygens (including phenoxy) is 1. The Morgan fingerprint density at radius 2 is 2.12 bits per heavy atom. The van der Waals surface area contributed by atoms with Gasteiger partial charge in [-0.05, 0) is 19.1 Å². The molecule has 82 valence electrons. The van der Waals surface area contributed by atoms with Gasteiger partial charge in [-0.25, -0.2) is 4.79 Å². The van der Waals surface area contributed by atoms with Crippen molar-refractivity contribution < 1.29 is 9.53 Å². The van der Waals surface area contributed by atoms with E-state index < -0.39 is 12.0 Å². The molecule has 0 aliphatic rings. The lowest BCUT2D eigenvalue weighted by molar-refractivity contribution is -0.135. The van der Waals surface area contributed by atoms with Crippen molar-refractivity contribution in [3.05, 3.63) is 36.5 Å². The van der Waals surface area contributed by atoms with Gasteiger partial charge in [-0.15, -0.1) is 0 Å². The van der Waals surface area contributed by atoms with Crippen LogP contribution in [0.4, 0.5) is 0 Å². The largest absolute Gasteiger partial charge is 0.423 e. The van der Waals surface area contributed by atoms with Gasteiger partial charge in [0, 0.05) is 11.6 Å². The minimum absolute atomic E-state index is 0.445. The third-order valence-corrected chi connectivity index (χ3v) is 2.18. The molecule has 16 heavy (non-hydrogen) atoms. The van der Waals surface area contributed by atoms with Crippen LogP contribution in [-0.4, -0.2) is 17.0 Å². The lowest BCUT2D eigenvalue weighted by atomic mass is 10.2. The molecule has 0 radical (unpaired) electrons. The Labute approximate surface area is 93.0 Å². The maximum Gasteiger partial charge on any atom is 0.328 e. The zero-order chi connectivity index (χ0) is 11.5. The number of hydrogen-bond donors (Lipinski definition) is 1. The van der Waals surface area contributed by atoms with Crippen LogP contribution in [0.15, 0.2) is 36.5 Å². The number of benzene rings is 1. The smallest absolute Gasteiger partial charge is 0.328 e. The van der Waals surface area contributed by atoms with Crippen LogP contribution in [0.2, 0.25) is 0 Å². The highest BCUT2D eigenvalue weighted by Crippen LogP contribution is 2.23. The highest BCUT2D eigenvalue weighted by atomic mass is 16.5. The zero-order valence-electron chi connectivity index (χ0n) is 8.88. The second kappa shape index (κ2) is 4.28.